The van der Waals surface area contributed by atoms with Gasteiger partial charge < -0.3 is 5.32 Å². The number of hydrogen-bond donors (Lipinski definition) is 2. The number of anilines is 2. The molecule has 0 spiro atoms. The summed E-state index contributed by atoms with van der Waals surface area (Å²) in [4.78, 5) is 29.7. The lowest BCUT2D eigenvalue weighted by Gasteiger charge is -2.09. The van der Waals surface area contributed by atoms with Gasteiger partial charge in [0, 0.05) is 16.9 Å². The minimum absolute atomic E-state index is 0.256. The number of thiazole rings is 1. The molecule has 4 rings (SSSR count). The first-order valence-electron chi connectivity index (χ1n) is 8.01. The smallest absolute Gasteiger partial charge is 0.265 e. The fourth-order valence-corrected chi connectivity index (χ4v) is 4.00. The van der Waals surface area contributed by atoms with E-state index in [1.165, 1.54) is 35.5 Å². The van der Waals surface area contributed by atoms with E-state index in [1.54, 1.807) is 30.3 Å². The molecule has 1 aromatic carbocycles. The minimum atomic E-state index is -0.287. The molecule has 132 valence electrons. The van der Waals surface area contributed by atoms with Gasteiger partial charge in [0.1, 0.15) is 0 Å². The molecule has 0 bridgehead atoms. The molecule has 1 fully saturated rings. The van der Waals surface area contributed by atoms with Gasteiger partial charge in [0.2, 0.25) is 0 Å². The Morgan fingerprint density at radius 3 is 2.69 bits per heavy atom. The largest absolute Gasteiger partial charge is 0.320 e. The Labute approximate surface area is 163 Å². The first-order chi connectivity index (χ1) is 12.6. The highest BCUT2D eigenvalue weighted by atomic mass is 35.5. The van der Waals surface area contributed by atoms with Gasteiger partial charge in [0.05, 0.1) is 21.3 Å². The molecule has 26 heavy (non-hydrogen) atoms. The predicted octanol–water partition coefficient (Wildman–Crippen LogP) is 5.24. The molecule has 3 aromatic rings. The number of hydrogen-bond acceptors (Lipinski definition) is 5. The lowest BCUT2D eigenvalue weighted by Crippen LogP contribution is -2.14. The molecule has 0 atom stereocenters. The van der Waals surface area contributed by atoms with Crippen molar-refractivity contribution < 1.29 is 9.59 Å². The Hall–Kier alpha value is -2.22. The zero-order chi connectivity index (χ0) is 18.1. The first-order valence-corrected chi connectivity index (χ1v) is 10.1. The molecule has 2 heterocycles. The Morgan fingerprint density at radius 1 is 1.12 bits per heavy atom. The van der Waals surface area contributed by atoms with Gasteiger partial charge in [-0.25, -0.2) is 4.98 Å². The van der Waals surface area contributed by atoms with Crippen LogP contribution in [0.2, 0.25) is 5.02 Å². The van der Waals surface area contributed by atoms with Gasteiger partial charge in [0.25, 0.3) is 11.8 Å². The number of benzene rings is 1. The molecule has 1 aliphatic rings. The van der Waals surface area contributed by atoms with Crippen LogP contribution in [0, 0.1) is 0 Å². The monoisotopic (exact) mass is 403 g/mol. The third-order valence-electron chi connectivity index (χ3n) is 3.96. The van der Waals surface area contributed by atoms with Crippen LogP contribution in [0.15, 0.2) is 41.1 Å². The number of aromatic nitrogens is 1. The summed E-state index contributed by atoms with van der Waals surface area (Å²) < 4.78 is 0. The average molecular weight is 404 g/mol. The Kier molecular flexibility index (Phi) is 4.76. The maximum absolute atomic E-state index is 12.5. The molecule has 1 saturated carbocycles. The van der Waals surface area contributed by atoms with Crippen molar-refractivity contribution in [3.63, 3.8) is 0 Å². The van der Waals surface area contributed by atoms with Gasteiger partial charge >= 0.3 is 0 Å². The Morgan fingerprint density at radius 2 is 1.96 bits per heavy atom. The summed E-state index contributed by atoms with van der Waals surface area (Å²) in [6, 6.07) is 8.31. The van der Waals surface area contributed by atoms with Gasteiger partial charge in [-0.2, -0.15) is 0 Å². The van der Waals surface area contributed by atoms with Crippen LogP contribution < -0.4 is 10.6 Å². The van der Waals surface area contributed by atoms with Crippen molar-refractivity contribution in [1.29, 1.82) is 0 Å². The first kappa shape index (κ1) is 17.2. The maximum Gasteiger partial charge on any atom is 0.265 e. The standard InChI is InChI=1S/C18H14ClN3O2S2/c19-12-6-5-11(8-13(12)20-17(24)15-2-1-7-25-15)16(23)22-18-21-14(9-26-18)10-3-4-10/h1-2,5-10H,3-4H2,(H,20,24)(H,21,22,23). The third kappa shape index (κ3) is 3.80. The summed E-state index contributed by atoms with van der Waals surface area (Å²) in [6.07, 6.45) is 2.34. The quantitative estimate of drug-likeness (QED) is 0.611. The third-order valence-corrected chi connectivity index (χ3v) is 5.93. The summed E-state index contributed by atoms with van der Waals surface area (Å²) in [5, 5.41) is 10.3. The van der Waals surface area contributed by atoms with Gasteiger partial charge in [0.15, 0.2) is 5.13 Å². The van der Waals surface area contributed by atoms with Gasteiger partial charge in [-0.1, -0.05) is 17.7 Å². The van der Waals surface area contributed by atoms with E-state index in [2.05, 4.69) is 15.6 Å². The second-order valence-electron chi connectivity index (χ2n) is 5.93. The Balaban J connectivity index is 1.48. The molecule has 0 unspecified atom stereocenters. The second kappa shape index (κ2) is 7.19. The fourth-order valence-electron chi connectivity index (χ4n) is 2.43. The van der Waals surface area contributed by atoms with E-state index in [0.29, 0.717) is 32.2 Å². The molecular formula is C18H14ClN3O2S2. The van der Waals surface area contributed by atoms with Crippen LogP contribution >= 0.6 is 34.3 Å². The number of carbonyl (C=O) groups excluding carboxylic acids is 2. The Bertz CT molecular complexity index is 965. The lowest BCUT2D eigenvalue weighted by molar-refractivity contribution is 0.101. The lowest BCUT2D eigenvalue weighted by atomic mass is 10.2. The van der Waals surface area contributed by atoms with Crippen molar-refractivity contribution in [2.24, 2.45) is 0 Å². The van der Waals surface area contributed by atoms with E-state index in [1.807, 2.05) is 10.8 Å². The molecule has 8 heteroatoms. The number of thiophene rings is 1. The molecule has 2 amide bonds. The average Bonchev–Trinajstić information content (AvgIpc) is 3.13. The van der Waals surface area contributed by atoms with Crippen LogP contribution in [0.25, 0.3) is 0 Å². The van der Waals surface area contributed by atoms with E-state index >= 15 is 0 Å². The predicted molar refractivity (Wildman–Crippen MR) is 106 cm³/mol. The molecule has 5 nitrogen and oxygen atoms in total. The summed E-state index contributed by atoms with van der Waals surface area (Å²) in [7, 11) is 0. The van der Waals surface area contributed by atoms with Crippen LogP contribution in [-0.2, 0) is 0 Å². The topological polar surface area (TPSA) is 71.1 Å². The van der Waals surface area contributed by atoms with Crippen molar-refractivity contribution in [3.05, 3.63) is 62.2 Å². The van der Waals surface area contributed by atoms with Crippen molar-refractivity contribution in [2.75, 3.05) is 10.6 Å². The number of amides is 2. The van der Waals surface area contributed by atoms with Crippen LogP contribution in [0.1, 0.15) is 44.5 Å². The van der Waals surface area contributed by atoms with Crippen LogP contribution in [0.5, 0.6) is 0 Å². The number of nitrogens with zero attached hydrogens (tertiary/aromatic N) is 1. The second-order valence-corrected chi connectivity index (χ2v) is 8.14. The van der Waals surface area contributed by atoms with E-state index in [4.69, 9.17) is 11.6 Å². The summed E-state index contributed by atoms with van der Waals surface area (Å²) in [5.41, 5.74) is 1.85. The molecule has 0 saturated heterocycles. The molecule has 0 aliphatic heterocycles. The van der Waals surface area contributed by atoms with Crippen LogP contribution in [0.3, 0.4) is 0 Å². The minimum Gasteiger partial charge on any atom is -0.320 e. The summed E-state index contributed by atoms with van der Waals surface area (Å²) in [5.74, 6) is 0.00458. The van der Waals surface area contributed by atoms with E-state index in [-0.39, 0.29) is 11.8 Å². The molecule has 2 aromatic heterocycles. The van der Waals surface area contributed by atoms with E-state index in [0.717, 1.165) is 5.69 Å². The van der Waals surface area contributed by atoms with Crippen molar-refractivity contribution >= 4 is 56.9 Å². The molecule has 0 radical (unpaired) electrons. The van der Waals surface area contributed by atoms with Crippen LogP contribution in [-0.4, -0.2) is 16.8 Å². The van der Waals surface area contributed by atoms with Crippen molar-refractivity contribution in [1.82, 2.24) is 4.98 Å². The highest BCUT2D eigenvalue weighted by Gasteiger charge is 2.26. The zero-order valence-corrected chi connectivity index (χ0v) is 15.9. The molecule has 1 aliphatic carbocycles. The summed E-state index contributed by atoms with van der Waals surface area (Å²) in [6.45, 7) is 0. The van der Waals surface area contributed by atoms with Crippen molar-refractivity contribution in [2.45, 2.75) is 18.8 Å². The van der Waals surface area contributed by atoms with Crippen molar-refractivity contribution in [3.8, 4) is 0 Å². The van der Waals surface area contributed by atoms with E-state index < -0.39 is 0 Å². The number of carbonyl (C=O) groups is 2. The highest BCUT2D eigenvalue weighted by Crippen LogP contribution is 2.40. The van der Waals surface area contributed by atoms with Gasteiger partial charge in [-0.15, -0.1) is 22.7 Å². The molecular weight excluding hydrogens is 390 g/mol. The van der Waals surface area contributed by atoms with Gasteiger partial charge in [-0.3, -0.25) is 14.9 Å². The van der Waals surface area contributed by atoms with E-state index in [9.17, 15) is 9.59 Å². The van der Waals surface area contributed by atoms with Crippen LogP contribution in [0.4, 0.5) is 10.8 Å². The maximum atomic E-state index is 12.5. The number of nitrogens with one attached hydrogen (secondary N) is 2. The SMILES string of the molecule is O=C(Nc1nc(C2CC2)cs1)c1ccc(Cl)c(NC(=O)c2cccs2)c1. The number of halogens is 1. The summed E-state index contributed by atoms with van der Waals surface area (Å²) >= 11 is 8.91. The van der Waals surface area contributed by atoms with Gasteiger partial charge in [-0.05, 0) is 42.5 Å². The normalized spacial score (nSPS) is 13.4. The fraction of sp³-hybridized carbons (Fsp3) is 0.167. The molecule has 2 N–H and O–H groups in total. The number of rotatable bonds is 5. The zero-order valence-electron chi connectivity index (χ0n) is 13.5. The highest BCUT2D eigenvalue weighted by molar-refractivity contribution is 7.14.